The second kappa shape index (κ2) is 6.36. The summed E-state index contributed by atoms with van der Waals surface area (Å²) in [6.07, 6.45) is 1.54. The lowest BCUT2D eigenvalue weighted by atomic mass is 10.1. The van der Waals surface area contributed by atoms with Gasteiger partial charge in [-0.25, -0.2) is 0 Å². The van der Waals surface area contributed by atoms with Crippen LogP contribution < -0.4 is 9.84 Å². The van der Waals surface area contributed by atoms with Crippen molar-refractivity contribution in [2.24, 2.45) is 0 Å². The summed E-state index contributed by atoms with van der Waals surface area (Å²) < 4.78 is 6.97. The molecule has 23 heavy (non-hydrogen) atoms. The number of carbonyl (C=O) groups excluding carboxylic acids is 2. The lowest BCUT2D eigenvalue weighted by Gasteiger charge is -2.05. The summed E-state index contributed by atoms with van der Waals surface area (Å²) in [5.74, 6) is -0.799. The van der Waals surface area contributed by atoms with Crippen molar-refractivity contribution in [3.05, 3.63) is 66.4 Å². The van der Waals surface area contributed by atoms with Gasteiger partial charge in [-0.2, -0.15) is 0 Å². The van der Waals surface area contributed by atoms with E-state index in [4.69, 9.17) is 4.74 Å². The SMILES string of the molecule is O=C([O-])Cn1cc(C(=O)COc2ccccc2)c2ccccc21. The number of fused-ring (bicyclic) bond motifs is 1. The van der Waals surface area contributed by atoms with E-state index < -0.39 is 5.97 Å². The molecule has 3 rings (SSSR count). The summed E-state index contributed by atoms with van der Waals surface area (Å²) in [6, 6.07) is 16.2. The van der Waals surface area contributed by atoms with Crippen LogP contribution in [0, 0.1) is 0 Å². The van der Waals surface area contributed by atoms with Gasteiger partial charge in [-0.05, 0) is 18.2 Å². The molecule has 3 aromatic rings. The van der Waals surface area contributed by atoms with E-state index in [-0.39, 0.29) is 18.9 Å². The van der Waals surface area contributed by atoms with Crippen LogP contribution in [-0.2, 0) is 11.3 Å². The first-order valence-electron chi connectivity index (χ1n) is 7.14. The molecule has 5 heteroatoms. The molecule has 0 bridgehead atoms. The molecule has 0 N–H and O–H groups in total. The number of hydrogen-bond acceptors (Lipinski definition) is 4. The number of nitrogens with zero attached hydrogens (tertiary/aromatic N) is 1. The van der Waals surface area contributed by atoms with Crippen LogP contribution in [-0.4, -0.2) is 22.9 Å². The summed E-state index contributed by atoms with van der Waals surface area (Å²) in [7, 11) is 0. The van der Waals surface area contributed by atoms with E-state index in [0.29, 0.717) is 22.2 Å². The number of Topliss-reactive ketones (excluding diaryl/α,β-unsaturated/α-hetero) is 1. The summed E-state index contributed by atoms with van der Waals surface area (Å²) in [5, 5.41) is 11.6. The van der Waals surface area contributed by atoms with Crippen molar-refractivity contribution in [2.75, 3.05) is 6.61 Å². The maximum Gasteiger partial charge on any atom is 0.202 e. The molecule has 0 spiro atoms. The molecule has 0 aliphatic heterocycles. The first-order valence-corrected chi connectivity index (χ1v) is 7.14. The predicted octanol–water partition coefficient (Wildman–Crippen LogP) is 1.65. The van der Waals surface area contributed by atoms with Crippen molar-refractivity contribution in [3.8, 4) is 5.75 Å². The van der Waals surface area contributed by atoms with Gasteiger partial charge in [-0.15, -0.1) is 0 Å². The molecule has 0 unspecified atom stereocenters. The Morgan fingerprint density at radius 2 is 1.70 bits per heavy atom. The lowest BCUT2D eigenvalue weighted by Crippen LogP contribution is -2.27. The minimum absolute atomic E-state index is 0.108. The van der Waals surface area contributed by atoms with Gasteiger partial charge in [-0.1, -0.05) is 36.4 Å². The smallest absolute Gasteiger partial charge is 0.202 e. The van der Waals surface area contributed by atoms with Crippen LogP contribution in [0.3, 0.4) is 0 Å². The van der Waals surface area contributed by atoms with Crippen molar-refractivity contribution in [1.29, 1.82) is 0 Å². The van der Waals surface area contributed by atoms with E-state index >= 15 is 0 Å². The molecule has 0 atom stereocenters. The van der Waals surface area contributed by atoms with Gasteiger partial charge in [0.05, 0.1) is 12.5 Å². The first-order chi connectivity index (χ1) is 11.1. The summed E-state index contributed by atoms with van der Waals surface area (Å²) in [5.41, 5.74) is 1.12. The number of aromatic nitrogens is 1. The minimum atomic E-state index is -1.20. The van der Waals surface area contributed by atoms with Crippen LogP contribution in [0.4, 0.5) is 0 Å². The fraction of sp³-hybridized carbons (Fsp3) is 0.111. The second-order valence-corrected chi connectivity index (χ2v) is 5.08. The number of carbonyl (C=O) groups is 2. The van der Waals surface area contributed by atoms with Crippen molar-refractivity contribution in [2.45, 2.75) is 6.54 Å². The van der Waals surface area contributed by atoms with Crippen molar-refractivity contribution in [1.82, 2.24) is 4.57 Å². The molecule has 0 aliphatic carbocycles. The fourth-order valence-corrected chi connectivity index (χ4v) is 2.48. The minimum Gasteiger partial charge on any atom is -0.548 e. The zero-order valence-electron chi connectivity index (χ0n) is 12.3. The Hall–Kier alpha value is -3.08. The highest BCUT2D eigenvalue weighted by molar-refractivity contribution is 6.09. The number of carboxylic acid groups (broad SMARTS) is 1. The van der Waals surface area contributed by atoms with Crippen LogP contribution in [0.1, 0.15) is 10.4 Å². The van der Waals surface area contributed by atoms with Gasteiger partial charge in [0.1, 0.15) is 5.75 Å². The molecule has 2 aromatic carbocycles. The average molecular weight is 308 g/mol. The highest BCUT2D eigenvalue weighted by Crippen LogP contribution is 2.22. The Balaban J connectivity index is 1.86. The van der Waals surface area contributed by atoms with Crippen LogP contribution >= 0.6 is 0 Å². The predicted molar refractivity (Wildman–Crippen MR) is 83.2 cm³/mol. The van der Waals surface area contributed by atoms with Crippen molar-refractivity contribution >= 4 is 22.7 Å². The summed E-state index contributed by atoms with van der Waals surface area (Å²) in [6.45, 7) is -0.406. The number of hydrogen-bond donors (Lipinski definition) is 0. The van der Waals surface area contributed by atoms with Crippen LogP contribution in [0.5, 0.6) is 5.75 Å². The third-order valence-electron chi connectivity index (χ3n) is 3.50. The molecule has 0 radical (unpaired) electrons. The van der Waals surface area contributed by atoms with Crippen molar-refractivity contribution < 1.29 is 19.4 Å². The Kier molecular flexibility index (Phi) is 4.10. The Morgan fingerprint density at radius 1 is 1.00 bits per heavy atom. The highest BCUT2D eigenvalue weighted by Gasteiger charge is 2.15. The van der Waals surface area contributed by atoms with Crippen LogP contribution in [0.25, 0.3) is 10.9 Å². The zero-order chi connectivity index (χ0) is 16.2. The quantitative estimate of drug-likeness (QED) is 0.649. The molecule has 0 saturated heterocycles. The van der Waals surface area contributed by atoms with Crippen LogP contribution in [0.15, 0.2) is 60.8 Å². The first kappa shape index (κ1) is 14.8. The molecule has 0 amide bonds. The Labute approximate surface area is 132 Å². The van der Waals surface area contributed by atoms with E-state index in [1.54, 1.807) is 36.4 Å². The molecule has 1 heterocycles. The van der Waals surface area contributed by atoms with Gasteiger partial charge in [0.25, 0.3) is 0 Å². The molecule has 0 saturated carbocycles. The number of ether oxygens (including phenoxy) is 1. The Morgan fingerprint density at radius 3 is 2.43 bits per heavy atom. The largest absolute Gasteiger partial charge is 0.548 e. The fourth-order valence-electron chi connectivity index (χ4n) is 2.48. The molecule has 1 aromatic heterocycles. The number of rotatable bonds is 6. The van der Waals surface area contributed by atoms with Gasteiger partial charge in [0, 0.05) is 22.7 Å². The maximum atomic E-state index is 12.4. The van der Waals surface area contributed by atoms with E-state index in [2.05, 4.69) is 0 Å². The second-order valence-electron chi connectivity index (χ2n) is 5.08. The lowest BCUT2D eigenvalue weighted by molar-refractivity contribution is -0.306. The normalized spacial score (nSPS) is 10.6. The number of ketones is 1. The summed E-state index contributed by atoms with van der Waals surface area (Å²) in [4.78, 5) is 23.3. The van der Waals surface area contributed by atoms with E-state index in [1.807, 2.05) is 18.2 Å². The number of benzene rings is 2. The molecule has 5 nitrogen and oxygen atoms in total. The molecule has 0 aliphatic rings. The number of para-hydroxylation sites is 2. The van der Waals surface area contributed by atoms with E-state index in [1.165, 1.54) is 10.8 Å². The third-order valence-corrected chi connectivity index (χ3v) is 3.50. The average Bonchev–Trinajstić information content (AvgIpc) is 2.92. The molecule has 0 fully saturated rings. The summed E-state index contributed by atoms with van der Waals surface area (Å²) >= 11 is 0. The van der Waals surface area contributed by atoms with Gasteiger partial charge in [0.2, 0.25) is 5.78 Å². The van der Waals surface area contributed by atoms with Gasteiger partial charge < -0.3 is 19.2 Å². The zero-order valence-corrected chi connectivity index (χ0v) is 12.3. The van der Waals surface area contributed by atoms with E-state index in [0.717, 1.165) is 0 Å². The van der Waals surface area contributed by atoms with Crippen molar-refractivity contribution in [3.63, 3.8) is 0 Å². The topological polar surface area (TPSA) is 71.4 Å². The molecule has 116 valence electrons. The van der Waals surface area contributed by atoms with Gasteiger partial charge >= 0.3 is 0 Å². The van der Waals surface area contributed by atoms with Gasteiger partial charge in [-0.3, -0.25) is 4.79 Å². The monoisotopic (exact) mass is 308 g/mol. The number of aliphatic carboxylic acids is 1. The highest BCUT2D eigenvalue weighted by atomic mass is 16.5. The van der Waals surface area contributed by atoms with Gasteiger partial charge in [0.15, 0.2) is 6.61 Å². The number of carboxylic acids is 1. The Bertz CT molecular complexity index is 852. The molecular weight excluding hydrogens is 294 g/mol. The third kappa shape index (κ3) is 3.23. The molecular formula is C18H14NO4-. The maximum absolute atomic E-state index is 12.4. The van der Waals surface area contributed by atoms with Crippen LogP contribution in [0.2, 0.25) is 0 Å². The standard InChI is InChI=1S/C18H15NO4/c20-17(12-23-13-6-2-1-3-7-13)15-10-19(11-18(21)22)16-9-5-4-8-14(15)16/h1-10H,11-12H2,(H,21,22)/p-1. The van der Waals surface area contributed by atoms with E-state index in [9.17, 15) is 14.7 Å².